The van der Waals surface area contributed by atoms with Crippen molar-refractivity contribution in [3.63, 3.8) is 0 Å². The molecule has 2 rings (SSSR count). The number of alkyl halides is 1. The number of carbonyl (C=O) groups is 1. The highest BCUT2D eigenvalue weighted by molar-refractivity contribution is 7.98. The molecule has 1 N–H and O–H groups in total. The molecular weight excluding hydrogens is 270 g/mol. The molecule has 1 aromatic carbocycles. The second kappa shape index (κ2) is 5.98. The van der Waals surface area contributed by atoms with Gasteiger partial charge in [0.2, 0.25) is 0 Å². The van der Waals surface area contributed by atoms with Crippen molar-refractivity contribution in [1.29, 1.82) is 0 Å². The summed E-state index contributed by atoms with van der Waals surface area (Å²) in [5.74, 6) is 0.833. The van der Waals surface area contributed by atoms with Crippen LogP contribution < -0.4 is 5.32 Å². The average Bonchev–Trinajstić information content (AvgIpc) is 2.88. The minimum absolute atomic E-state index is 0.259. The predicted octanol–water partition coefficient (Wildman–Crippen LogP) is 3.99. The first-order valence-corrected chi connectivity index (χ1v) is 7.09. The van der Waals surface area contributed by atoms with Gasteiger partial charge in [0.25, 0.3) is 5.91 Å². The van der Waals surface area contributed by atoms with Crippen LogP contribution >= 0.6 is 23.4 Å². The maximum atomic E-state index is 11.9. The highest BCUT2D eigenvalue weighted by atomic mass is 35.5. The molecule has 0 aliphatic rings. The van der Waals surface area contributed by atoms with Crippen LogP contribution in [0.1, 0.15) is 16.3 Å². The van der Waals surface area contributed by atoms with E-state index in [9.17, 15) is 4.79 Å². The Hall–Kier alpha value is -1.39. The highest BCUT2D eigenvalue weighted by Gasteiger charge is 2.11. The fourth-order valence-electron chi connectivity index (χ4n) is 1.47. The number of halogens is 1. The Kier molecular flexibility index (Phi) is 4.33. The van der Waals surface area contributed by atoms with Gasteiger partial charge in [-0.3, -0.25) is 4.79 Å². The smallest absolute Gasteiger partial charge is 0.291 e. The fraction of sp³-hybridized carbons (Fsp3) is 0.154. The number of furan rings is 1. The van der Waals surface area contributed by atoms with Crippen LogP contribution in [0.25, 0.3) is 0 Å². The lowest BCUT2D eigenvalue weighted by Crippen LogP contribution is -2.10. The zero-order valence-corrected chi connectivity index (χ0v) is 11.3. The number of hydrogen-bond acceptors (Lipinski definition) is 3. The molecule has 3 nitrogen and oxygen atoms in total. The summed E-state index contributed by atoms with van der Waals surface area (Å²) in [5, 5.41) is 2.78. The van der Waals surface area contributed by atoms with Crippen LogP contribution in [0.4, 0.5) is 5.69 Å². The normalized spacial score (nSPS) is 10.3. The van der Waals surface area contributed by atoms with E-state index < -0.39 is 0 Å². The van der Waals surface area contributed by atoms with E-state index in [1.807, 2.05) is 30.5 Å². The molecule has 5 heteroatoms. The Balaban J connectivity index is 2.10. The molecular formula is C13H12ClNO2S. The Morgan fingerprint density at radius 2 is 2.22 bits per heavy atom. The minimum atomic E-state index is -0.274. The number of amides is 1. The number of nitrogens with one attached hydrogen (secondary N) is 1. The van der Waals surface area contributed by atoms with Crippen molar-refractivity contribution in [3.05, 3.63) is 47.9 Å². The SMILES string of the molecule is CSc1cccc(NC(=O)c2ccc(CCl)o2)c1. The maximum Gasteiger partial charge on any atom is 0.291 e. The van der Waals surface area contributed by atoms with Crippen molar-refractivity contribution >= 4 is 35.0 Å². The molecule has 94 valence electrons. The summed E-state index contributed by atoms with van der Waals surface area (Å²) < 4.78 is 5.27. The lowest BCUT2D eigenvalue weighted by molar-refractivity contribution is 0.0995. The molecule has 0 aliphatic carbocycles. The molecule has 0 bridgehead atoms. The third-order valence-corrected chi connectivity index (χ3v) is 3.33. The van der Waals surface area contributed by atoms with Gasteiger partial charge >= 0.3 is 0 Å². The lowest BCUT2D eigenvalue weighted by atomic mass is 10.3. The van der Waals surface area contributed by atoms with Crippen molar-refractivity contribution in [2.24, 2.45) is 0 Å². The minimum Gasteiger partial charge on any atom is -0.455 e. The number of carbonyl (C=O) groups excluding carboxylic acids is 1. The Bertz CT molecular complexity index is 553. The van der Waals surface area contributed by atoms with Crippen LogP contribution in [0.5, 0.6) is 0 Å². The van der Waals surface area contributed by atoms with Crippen molar-refractivity contribution in [3.8, 4) is 0 Å². The molecule has 0 saturated carbocycles. The molecule has 1 aromatic heterocycles. The van der Waals surface area contributed by atoms with E-state index in [0.717, 1.165) is 10.6 Å². The molecule has 0 atom stereocenters. The molecule has 1 amide bonds. The molecule has 0 radical (unpaired) electrons. The topological polar surface area (TPSA) is 42.2 Å². The predicted molar refractivity (Wildman–Crippen MR) is 74.4 cm³/mol. The molecule has 0 fully saturated rings. The number of hydrogen-bond donors (Lipinski definition) is 1. The van der Waals surface area contributed by atoms with Gasteiger partial charge in [-0.1, -0.05) is 6.07 Å². The zero-order valence-electron chi connectivity index (χ0n) is 9.77. The number of thioether (sulfide) groups is 1. The number of benzene rings is 1. The third kappa shape index (κ3) is 3.09. The molecule has 0 unspecified atom stereocenters. The van der Waals surface area contributed by atoms with E-state index in [2.05, 4.69) is 5.32 Å². The van der Waals surface area contributed by atoms with Gasteiger partial charge in [-0.05, 0) is 36.6 Å². The van der Waals surface area contributed by atoms with Crippen molar-refractivity contribution in [2.45, 2.75) is 10.8 Å². The van der Waals surface area contributed by atoms with Gasteiger partial charge in [0.15, 0.2) is 5.76 Å². The van der Waals surface area contributed by atoms with E-state index in [1.165, 1.54) is 0 Å². The fourth-order valence-corrected chi connectivity index (χ4v) is 2.07. The molecule has 18 heavy (non-hydrogen) atoms. The van der Waals surface area contributed by atoms with E-state index in [0.29, 0.717) is 5.76 Å². The summed E-state index contributed by atoms with van der Waals surface area (Å²) in [6.07, 6.45) is 1.99. The second-order valence-corrected chi connectivity index (χ2v) is 4.73. The standard InChI is InChI=1S/C13H12ClNO2S/c1-18-11-4-2-3-9(7-11)15-13(16)12-6-5-10(8-14)17-12/h2-7H,8H2,1H3,(H,15,16). The lowest BCUT2D eigenvalue weighted by Gasteiger charge is -2.04. The quantitative estimate of drug-likeness (QED) is 0.680. The van der Waals surface area contributed by atoms with Gasteiger partial charge in [0, 0.05) is 10.6 Å². The van der Waals surface area contributed by atoms with Crippen LogP contribution in [-0.2, 0) is 5.88 Å². The zero-order chi connectivity index (χ0) is 13.0. The molecule has 0 spiro atoms. The van der Waals surface area contributed by atoms with Gasteiger partial charge in [0.1, 0.15) is 5.76 Å². The van der Waals surface area contributed by atoms with E-state index >= 15 is 0 Å². The largest absolute Gasteiger partial charge is 0.455 e. The van der Waals surface area contributed by atoms with Gasteiger partial charge < -0.3 is 9.73 Å². The first-order chi connectivity index (χ1) is 8.72. The monoisotopic (exact) mass is 281 g/mol. The first kappa shape index (κ1) is 13.1. The first-order valence-electron chi connectivity index (χ1n) is 5.33. The van der Waals surface area contributed by atoms with E-state index in [1.54, 1.807) is 23.9 Å². The van der Waals surface area contributed by atoms with Crippen LogP contribution in [0.2, 0.25) is 0 Å². The summed E-state index contributed by atoms with van der Waals surface area (Å²) in [6, 6.07) is 10.9. The summed E-state index contributed by atoms with van der Waals surface area (Å²) in [7, 11) is 0. The van der Waals surface area contributed by atoms with Crippen molar-refractivity contribution < 1.29 is 9.21 Å². The number of rotatable bonds is 4. The molecule has 1 heterocycles. The molecule has 0 saturated heterocycles. The maximum absolute atomic E-state index is 11.9. The Morgan fingerprint density at radius 3 is 2.89 bits per heavy atom. The van der Waals surface area contributed by atoms with Crippen LogP contribution in [0.15, 0.2) is 45.7 Å². The van der Waals surface area contributed by atoms with Crippen molar-refractivity contribution in [1.82, 2.24) is 0 Å². The molecule has 0 aliphatic heterocycles. The van der Waals surface area contributed by atoms with Gasteiger partial charge in [-0.2, -0.15) is 0 Å². The summed E-state index contributed by atoms with van der Waals surface area (Å²) in [6.45, 7) is 0. The Labute approximate surface area is 115 Å². The van der Waals surface area contributed by atoms with Crippen LogP contribution in [0, 0.1) is 0 Å². The molecule has 2 aromatic rings. The third-order valence-electron chi connectivity index (χ3n) is 2.34. The van der Waals surface area contributed by atoms with Gasteiger partial charge in [-0.25, -0.2) is 0 Å². The van der Waals surface area contributed by atoms with E-state index in [4.69, 9.17) is 16.0 Å². The second-order valence-electron chi connectivity index (χ2n) is 3.59. The summed E-state index contributed by atoms with van der Waals surface area (Å²) in [4.78, 5) is 13.0. The van der Waals surface area contributed by atoms with Crippen LogP contribution in [-0.4, -0.2) is 12.2 Å². The Morgan fingerprint density at radius 1 is 1.39 bits per heavy atom. The van der Waals surface area contributed by atoms with Crippen molar-refractivity contribution in [2.75, 3.05) is 11.6 Å². The summed E-state index contributed by atoms with van der Waals surface area (Å²) >= 11 is 7.24. The van der Waals surface area contributed by atoms with Gasteiger partial charge in [0.05, 0.1) is 5.88 Å². The van der Waals surface area contributed by atoms with Crippen LogP contribution in [0.3, 0.4) is 0 Å². The summed E-state index contributed by atoms with van der Waals surface area (Å²) in [5.41, 5.74) is 0.746. The number of anilines is 1. The highest BCUT2D eigenvalue weighted by Crippen LogP contribution is 2.20. The average molecular weight is 282 g/mol. The van der Waals surface area contributed by atoms with Gasteiger partial charge in [-0.15, -0.1) is 23.4 Å². The van der Waals surface area contributed by atoms with E-state index in [-0.39, 0.29) is 17.5 Å².